The van der Waals surface area contributed by atoms with Gasteiger partial charge >= 0.3 is 5.97 Å². The second kappa shape index (κ2) is 10.1. The van der Waals surface area contributed by atoms with E-state index in [0.717, 1.165) is 0 Å². The first-order valence-corrected chi connectivity index (χ1v) is 12.4. The molecule has 1 N–H and O–H groups in total. The third-order valence-corrected chi connectivity index (χ3v) is 7.36. The number of para-hydroxylation sites is 1. The number of ketones is 1. The van der Waals surface area contributed by atoms with Gasteiger partial charge in [-0.2, -0.15) is 0 Å². The monoisotopic (exact) mass is 487 g/mol. The van der Waals surface area contributed by atoms with Gasteiger partial charge in [-0.15, -0.1) is 0 Å². The molecule has 3 heterocycles. The molecular formula is C28H29N3O5. The summed E-state index contributed by atoms with van der Waals surface area (Å²) in [6.07, 6.45) is 2.19. The number of pyridine rings is 1. The summed E-state index contributed by atoms with van der Waals surface area (Å²) in [7, 11) is 0. The van der Waals surface area contributed by atoms with Crippen molar-refractivity contribution in [2.24, 2.45) is 5.92 Å². The van der Waals surface area contributed by atoms with E-state index >= 15 is 0 Å². The average Bonchev–Trinajstić information content (AvgIpc) is 2.90. The Kier molecular flexibility index (Phi) is 6.69. The van der Waals surface area contributed by atoms with E-state index in [-0.39, 0.29) is 35.3 Å². The summed E-state index contributed by atoms with van der Waals surface area (Å²) in [4.78, 5) is 54.5. The van der Waals surface area contributed by atoms with E-state index in [9.17, 15) is 24.3 Å². The van der Waals surface area contributed by atoms with Crippen LogP contribution >= 0.6 is 0 Å². The maximum atomic E-state index is 13.6. The molecule has 0 saturated carbocycles. The van der Waals surface area contributed by atoms with E-state index in [0.29, 0.717) is 74.0 Å². The van der Waals surface area contributed by atoms with Crippen molar-refractivity contribution in [3.63, 3.8) is 0 Å². The molecule has 0 unspecified atom stereocenters. The Hall–Kier alpha value is -3.78. The van der Waals surface area contributed by atoms with Crippen molar-refractivity contribution in [2.75, 3.05) is 26.2 Å². The third-order valence-electron chi connectivity index (χ3n) is 7.36. The van der Waals surface area contributed by atoms with E-state index < -0.39 is 5.97 Å². The normalized spacial score (nSPS) is 17.4. The Bertz CT molecular complexity index is 1360. The van der Waals surface area contributed by atoms with E-state index in [4.69, 9.17) is 0 Å². The number of carboxylic acids is 1. The predicted octanol–water partition coefficient (Wildman–Crippen LogP) is 3.09. The molecule has 0 aliphatic carbocycles. The molecule has 0 bridgehead atoms. The highest BCUT2D eigenvalue weighted by Crippen LogP contribution is 2.27. The molecular weight excluding hydrogens is 458 g/mol. The highest BCUT2D eigenvalue weighted by atomic mass is 16.4. The minimum absolute atomic E-state index is 0.0960. The molecule has 1 amide bonds. The van der Waals surface area contributed by atoms with Crippen molar-refractivity contribution in [1.82, 2.24) is 14.4 Å². The molecule has 8 nitrogen and oxygen atoms in total. The molecule has 0 spiro atoms. The number of fused-ring (bicyclic) bond motifs is 1. The number of aromatic nitrogens is 1. The molecule has 0 radical (unpaired) electrons. The smallest absolute Gasteiger partial charge is 0.338 e. The van der Waals surface area contributed by atoms with Gasteiger partial charge < -0.3 is 10.0 Å². The number of benzene rings is 2. The van der Waals surface area contributed by atoms with Gasteiger partial charge in [-0.25, -0.2) is 4.79 Å². The van der Waals surface area contributed by atoms with Gasteiger partial charge in [0.05, 0.1) is 11.3 Å². The number of piperidine rings is 2. The molecule has 1 aromatic heterocycles. The average molecular weight is 488 g/mol. The summed E-state index contributed by atoms with van der Waals surface area (Å²) in [6, 6.07) is 16.0. The Morgan fingerprint density at radius 2 is 1.44 bits per heavy atom. The lowest BCUT2D eigenvalue weighted by atomic mass is 9.93. The van der Waals surface area contributed by atoms with Crippen LogP contribution in [0.15, 0.2) is 59.4 Å². The van der Waals surface area contributed by atoms with Crippen LogP contribution in [0.2, 0.25) is 0 Å². The topological polar surface area (TPSA) is 99.9 Å². The lowest BCUT2D eigenvalue weighted by molar-refractivity contribution is -0.139. The Labute approximate surface area is 208 Å². The van der Waals surface area contributed by atoms with Crippen molar-refractivity contribution in [3.05, 3.63) is 76.2 Å². The van der Waals surface area contributed by atoms with Gasteiger partial charge in [-0.3, -0.25) is 23.9 Å². The lowest BCUT2D eigenvalue weighted by Gasteiger charge is -2.35. The van der Waals surface area contributed by atoms with Crippen LogP contribution < -0.4 is 5.56 Å². The second-order valence-corrected chi connectivity index (χ2v) is 9.56. The number of carbonyl (C=O) groups excluding carboxylic acids is 2. The second-order valence-electron chi connectivity index (χ2n) is 9.56. The SMILES string of the molecule is O=C1CCN(C(=O)C2CCN(Cc3c(C(=O)O)c4ccccc4c(=O)n3-c3ccccc3)CC2)CC1. The summed E-state index contributed by atoms with van der Waals surface area (Å²) in [5.74, 6) is -0.847. The quantitative estimate of drug-likeness (QED) is 0.594. The van der Waals surface area contributed by atoms with Crippen LogP contribution in [0.1, 0.15) is 41.7 Å². The number of nitrogens with zero attached hydrogens (tertiary/aromatic N) is 3. The maximum absolute atomic E-state index is 13.6. The largest absolute Gasteiger partial charge is 0.478 e. The van der Waals surface area contributed by atoms with Gasteiger partial charge in [0.2, 0.25) is 5.91 Å². The van der Waals surface area contributed by atoms with Crippen molar-refractivity contribution in [2.45, 2.75) is 32.2 Å². The fourth-order valence-corrected chi connectivity index (χ4v) is 5.42. The van der Waals surface area contributed by atoms with E-state index in [1.165, 1.54) is 4.57 Å². The number of carboxylic acid groups (broad SMARTS) is 1. The van der Waals surface area contributed by atoms with Gasteiger partial charge in [0.1, 0.15) is 5.78 Å². The number of Topliss-reactive ketones (excluding diaryl/α,β-unsaturated/α-hetero) is 1. The molecule has 186 valence electrons. The molecule has 36 heavy (non-hydrogen) atoms. The van der Waals surface area contributed by atoms with Crippen molar-refractivity contribution < 1.29 is 19.5 Å². The predicted molar refractivity (Wildman–Crippen MR) is 135 cm³/mol. The third kappa shape index (κ3) is 4.56. The number of hydrogen-bond donors (Lipinski definition) is 1. The number of amides is 1. The van der Waals surface area contributed by atoms with Crippen molar-refractivity contribution >= 4 is 28.4 Å². The Morgan fingerprint density at radius 3 is 2.08 bits per heavy atom. The summed E-state index contributed by atoms with van der Waals surface area (Å²) >= 11 is 0. The number of carbonyl (C=O) groups is 3. The van der Waals surface area contributed by atoms with Gasteiger partial charge in [-0.1, -0.05) is 36.4 Å². The zero-order valence-corrected chi connectivity index (χ0v) is 20.1. The molecule has 2 aromatic carbocycles. The van der Waals surface area contributed by atoms with Crippen LogP contribution in [0.25, 0.3) is 16.5 Å². The first-order valence-electron chi connectivity index (χ1n) is 12.4. The highest BCUT2D eigenvalue weighted by Gasteiger charge is 2.32. The zero-order chi connectivity index (χ0) is 25.2. The van der Waals surface area contributed by atoms with E-state index in [1.807, 2.05) is 18.2 Å². The van der Waals surface area contributed by atoms with Crippen LogP contribution in [0.5, 0.6) is 0 Å². The minimum Gasteiger partial charge on any atom is -0.478 e. The van der Waals surface area contributed by atoms with E-state index in [2.05, 4.69) is 4.90 Å². The Balaban J connectivity index is 1.45. The van der Waals surface area contributed by atoms with Crippen LogP contribution in [-0.4, -0.2) is 63.3 Å². The number of hydrogen-bond acceptors (Lipinski definition) is 5. The molecule has 2 aliphatic heterocycles. The fraction of sp³-hybridized carbons (Fsp3) is 0.357. The van der Waals surface area contributed by atoms with Crippen LogP contribution in [0.3, 0.4) is 0 Å². The van der Waals surface area contributed by atoms with Crippen molar-refractivity contribution in [3.8, 4) is 5.69 Å². The fourth-order valence-electron chi connectivity index (χ4n) is 5.42. The minimum atomic E-state index is -1.07. The molecule has 2 saturated heterocycles. The molecule has 3 aromatic rings. The summed E-state index contributed by atoms with van der Waals surface area (Å²) in [5.41, 5.74) is 0.943. The number of rotatable bonds is 5. The van der Waals surface area contributed by atoms with Gasteiger partial charge in [-0.05, 0) is 44.1 Å². The summed E-state index contributed by atoms with van der Waals surface area (Å²) < 4.78 is 1.52. The van der Waals surface area contributed by atoms with Gasteiger partial charge in [0.15, 0.2) is 0 Å². The number of likely N-dealkylation sites (tertiary alicyclic amines) is 2. The molecule has 5 rings (SSSR count). The first-order chi connectivity index (χ1) is 17.4. The highest BCUT2D eigenvalue weighted by molar-refractivity contribution is 6.04. The summed E-state index contributed by atoms with van der Waals surface area (Å²) in [6.45, 7) is 2.53. The van der Waals surface area contributed by atoms with Gasteiger partial charge in [0, 0.05) is 54.9 Å². The maximum Gasteiger partial charge on any atom is 0.338 e. The van der Waals surface area contributed by atoms with Crippen LogP contribution in [-0.2, 0) is 16.1 Å². The molecule has 2 aliphatic rings. The first kappa shape index (κ1) is 23.9. The van der Waals surface area contributed by atoms with Crippen molar-refractivity contribution in [1.29, 1.82) is 0 Å². The molecule has 2 fully saturated rings. The molecule has 0 atom stereocenters. The van der Waals surface area contributed by atoms with E-state index in [1.54, 1.807) is 41.3 Å². The van der Waals surface area contributed by atoms with Gasteiger partial charge in [0.25, 0.3) is 5.56 Å². The van der Waals surface area contributed by atoms with Crippen LogP contribution in [0, 0.1) is 5.92 Å². The molecule has 8 heteroatoms. The zero-order valence-electron chi connectivity index (χ0n) is 20.1. The van der Waals surface area contributed by atoms with Crippen LogP contribution in [0.4, 0.5) is 0 Å². The lowest BCUT2D eigenvalue weighted by Crippen LogP contribution is -2.45. The Morgan fingerprint density at radius 1 is 0.833 bits per heavy atom. The number of aromatic carboxylic acids is 1. The summed E-state index contributed by atoms with van der Waals surface area (Å²) in [5, 5.41) is 11.0. The standard InChI is InChI=1S/C28H29N3O5/c32-21-12-16-30(17-13-21)26(33)19-10-14-29(15-11-19)18-24-25(28(35)36)22-8-4-5-9-23(22)27(34)31(24)20-6-2-1-3-7-20/h1-9,19H,10-18H2,(H,35,36).